The van der Waals surface area contributed by atoms with Crippen LogP contribution in [0.25, 0.3) is 0 Å². The second-order valence-corrected chi connectivity index (χ2v) is 3.04. The minimum absolute atomic E-state index is 0.324. The van der Waals surface area contributed by atoms with Crippen molar-refractivity contribution in [3.8, 4) is 0 Å². The Labute approximate surface area is 78.6 Å². The summed E-state index contributed by atoms with van der Waals surface area (Å²) in [7, 11) is 0. The zero-order valence-electron chi connectivity index (χ0n) is 8.17. The lowest BCUT2D eigenvalue weighted by Crippen LogP contribution is -2.07. The minimum atomic E-state index is 0.324. The number of unbranched alkanes of at least 4 members (excludes halogenated alkanes) is 1. The van der Waals surface area contributed by atoms with E-state index in [2.05, 4.69) is 22.2 Å². The van der Waals surface area contributed by atoms with Crippen molar-refractivity contribution in [2.45, 2.75) is 26.7 Å². The molecular weight excluding hydrogens is 164 g/mol. The Morgan fingerprint density at radius 3 is 3.00 bits per heavy atom. The summed E-state index contributed by atoms with van der Waals surface area (Å²) < 4.78 is 0. The molecule has 0 amide bonds. The van der Waals surface area contributed by atoms with Crippen LogP contribution in [0.5, 0.6) is 0 Å². The summed E-state index contributed by atoms with van der Waals surface area (Å²) in [5, 5.41) is 3.22. The molecule has 0 saturated heterocycles. The standard InChI is InChI=1S/C9H16N4/c1-3-4-5-11-8-7(2)6-12-9(10)13-8/h6H,3-5H2,1-2H3,(H3,10,11,12,13). The summed E-state index contributed by atoms with van der Waals surface area (Å²) in [5.74, 6) is 1.17. The third-order valence-electron chi connectivity index (χ3n) is 1.81. The highest BCUT2D eigenvalue weighted by atomic mass is 15.1. The molecule has 0 atom stereocenters. The summed E-state index contributed by atoms with van der Waals surface area (Å²) in [6.45, 7) is 5.06. The van der Waals surface area contributed by atoms with Gasteiger partial charge in [0.05, 0.1) is 0 Å². The normalized spacial score (nSPS) is 10.0. The maximum absolute atomic E-state index is 5.47. The van der Waals surface area contributed by atoms with Gasteiger partial charge < -0.3 is 11.1 Å². The molecule has 1 aromatic rings. The molecule has 3 N–H and O–H groups in total. The number of nitrogen functional groups attached to an aromatic ring is 1. The van der Waals surface area contributed by atoms with Crippen LogP contribution in [0.1, 0.15) is 25.3 Å². The lowest BCUT2D eigenvalue weighted by Gasteiger charge is -2.07. The number of anilines is 2. The molecule has 1 heterocycles. The van der Waals surface area contributed by atoms with E-state index in [0.29, 0.717) is 5.95 Å². The van der Waals surface area contributed by atoms with Crippen LogP contribution in [0, 0.1) is 6.92 Å². The average molecular weight is 180 g/mol. The highest BCUT2D eigenvalue weighted by molar-refractivity contribution is 5.44. The fourth-order valence-electron chi connectivity index (χ4n) is 1.02. The molecule has 0 fully saturated rings. The second-order valence-electron chi connectivity index (χ2n) is 3.04. The largest absolute Gasteiger partial charge is 0.370 e. The predicted molar refractivity (Wildman–Crippen MR) is 54.6 cm³/mol. The van der Waals surface area contributed by atoms with Gasteiger partial charge in [0.25, 0.3) is 0 Å². The lowest BCUT2D eigenvalue weighted by molar-refractivity contribution is 0.829. The molecule has 0 aliphatic carbocycles. The zero-order chi connectivity index (χ0) is 9.68. The van der Waals surface area contributed by atoms with E-state index in [9.17, 15) is 0 Å². The van der Waals surface area contributed by atoms with E-state index < -0.39 is 0 Å². The maximum atomic E-state index is 5.47. The first-order valence-corrected chi connectivity index (χ1v) is 4.57. The average Bonchev–Trinajstić information content (AvgIpc) is 2.11. The van der Waals surface area contributed by atoms with E-state index in [0.717, 1.165) is 24.3 Å². The maximum Gasteiger partial charge on any atom is 0.221 e. The Hall–Kier alpha value is -1.32. The summed E-state index contributed by atoms with van der Waals surface area (Å²) in [5.41, 5.74) is 6.50. The van der Waals surface area contributed by atoms with Crippen molar-refractivity contribution in [2.75, 3.05) is 17.6 Å². The summed E-state index contributed by atoms with van der Waals surface area (Å²) >= 11 is 0. The number of rotatable bonds is 4. The molecule has 0 radical (unpaired) electrons. The number of nitrogens with one attached hydrogen (secondary N) is 1. The molecule has 0 aliphatic heterocycles. The van der Waals surface area contributed by atoms with Crippen molar-refractivity contribution >= 4 is 11.8 Å². The van der Waals surface area contributed by atoms with Gasteiger partial charge in [-0.1, -0.05) is 13.3 Å². The summed E-state index contributed by atoms with van der Waals surface area (Å²) in [6.07, 6.45) is 4.05. The molecule has 0 saturated carbocycles. The Morgan fingerprint density at radius 1 is 1.54 bits per heavy atom. The van der Waals surface area contributed by atoms with Gasteiger partial charge in [0, 0.05) is 18.3 Å². The van der Waals surface area contributed by atoms with Gasteiger partial charge in [0.15, 0.2) is 0 Å². The molecule has 13 heavy (non-hydrogen) atoms. The van der Waals surface area contributed by atoms with Crippen LogP contribution in [0.15, 0.2) is 6.20 Å². The minimum Gasteiger partial charge on any atom is -0.370 e. The van der Waals surface area contributed by atoms with E-state index >= 15 is 0 Å². The third kappa shape index (κ3) is 2.89. The van der Waals surface area contributed by atoms with Crippen LogP contribution in [0.4, 0.5) is 11.8 Å². The molecule has 0 aromatic carbocycles. The Balaban J connectivity index is 2.59. The van der Waals surface area contributed by atoms with Gasteiger partial charge in [-0.05, 0) is 13.3 Å². The number of hydrogen-bond acceptors (Lipinski definition) is 4. The van der Waals surface area contributed by atoms with Crippen molar-refractivity contribution in [3.05, 3.63) is 11.8 Å². The highest BCUT2D eigenvalue weighted by Gasteiger charge is 1.99. The van der Waals surface area contributed by atoms with Crippen molar-refractivity contribution in [1.82, 2.24) is 9.97 Å². The molecule has 0 aliphatic rings. The van der Waals surface area contributed by atoms with Gasteiger partial charge in [-0.15, -0.1) is 0 Å². The summed E-state index contributed by atoms with van der Waals surface area (Å²) in [6, 6.07) is 0. The van der Waals surface area contributed by atoms with Gasteiger partial charge in [0.2, 0.25) is 5.95 Å². The van der Waals surface area contributed by atoms with E-state index in [1.165, 1.54) is 6.42 Å². The Bertz CT molecular complexity index is 272. The van der Waals surface area contributed by atoms with Crippen molar-refractivity contribution in [3.63, 3.8) is 0 Å². The van der Waals surface area contributed by atoms with E-state index in [1.54, 1.807) is 6.20 Å². The van der Waals surface area contributed by atoms with Gasteiger partial charge in [-0.25, -0.2) is 4.98 Å². The topological polar surface area (TPSA) is 63.8 Å². The number of nitrogens with two attached hydrogens (primary N) is 1. The van der Waals surface area contributed by atoms with Crippen molar-refractivity contribution in [2.24, 2.45) is 0 Å². The molecule has 1 aromatic heterocycles. The predicted octanol–water partition coefficient (Wildman–Crippen LogP) is 1.58. The van der Waals surface area contributed by atoms with Crippen LogP contribution in [-0.2, 0) is 0 Å². The Kier molecular flexibility index (Phi) is 3.49. The fraction of sp³-hybridized carbons (Fsp3) is 0.556. The third-order valence-corrected chi connectivity index (χ3v) is 1.81. The zero-order valence-corrected chi connectivity index (χ0v) is 8.17. The number of aryl methyl sites for hydroxylation is 1. The molecular formula is C9H16N4. The van der Waals surface area contributed by atoms with Crippen molar-refractivity contribution in [1.29, 1.82) is 0 Å². The van der Waals surface area contributed by atoms with E-state index in [1.807, 2.05) is 6.92 Å². The fourth-order valence-corrected chi connectivity index (χ4v) is 1.02. The first-order chi connectivity index (χ1) is 6.24. The second kappa shape index (κ2) is 4.64. The number of hydrogen-bond donors (Lipinski definition) is 2. The molecule has 0 bridgehead atoms. The van der Waals surface area contributed by atoms with Crippen LogP contribution < -0.4 is 11.1 Å². The number of aromatic nitrogens is 2. The quantitative estimate of drug-likeness (QED) is 0.690. The van der Waals surface area contributed by atoms with Crippen LogP contribution in [0.3, 0.4) is 0 Å². The SMILES string of the molecule is CCCCNc1nc(N)ncc1C. The molecule has 4 nitrogen and oxygen atoms in total. The van der Waals surface area contributed by atoms with E-state index in [-0.39, 0.29) is 0 Å². The van der Waals surface area contributed by atoms with Crippen LogP contribution in [-0.4, -0.2) is 16.5 Å². The lowest BCUT2D eigenvalue weighted by atomic mass is 10.3. The van der Waals surface area contributed by atoms with Crippen LogP contribution in [0.2, 0.25) is 0 Å². The van der Waals surface area contributed by atoms with Gasteiger partial charge in [0.1, 0.15) is 5.82 Å². The van der Waals surface area contributed by atoms with Gasteiger partial charge >= 0.3 is 0 Å². The van der Waals surface area contributed by atoms with E-state index in [4.69, 9.17) is 5.73 Å². The first kappa shape index (κ1) is 9.77. The van der Waals surface area contributed by atoms with Crippen molar-refractivity contribution < 1.29 is 0 Å². The molecule has 72 valence electrons. The molecule has 4 heteroatoms. The van der Waals surface area contributed by atoms with Crippen LogP contribution >= 0.6 is 0 Å². The smallest absolute Gasteiger partial charge is 0.221 e. The van der Waals surface area contributed by atoms with Gasteiger partial charge in [-0.2, -0.15) is 4.98 Å². The molecule has 0 unspecified atom stereocenters. The van der Waals surface area contributed by atoms with Gasteiger partial charge in [-0.3, -0.25) is 0 Å². The first-order valence-electron chi connectivity index (χ1n) is 4.57. The molecule has 0 spiro atoms. The summed E-state index contributed by atoms with van der Waals surface area (Å²) in [4.78, 5) is 7.99. The highest BCUT2D eigenvalue weighted by Crippen LogP contribution is 2.10. The number of nitrogens with zero attached hydrogens (tertiary/aromatic N) is 2. The monoisotopic (exact) mass is 180 g/mol. The molecule has 1 rings (SSSR count). The Morgan fingerprint density at radius 2 is 2.31 bits per heavy atom.